The maximum atomic E-state index is 6.10. The monoisotopic (exact) mass is 356 g/mol. The summed E-state index contributed by atoms with van der Waals surface area (Å²) in [4.78, 5) is 9.26. The third kappa shape index (κ3) is 2.97. The minimum absolute atomic E-state index is 0.179. The minimum atomic E-state index is -0.179. The van der Waals surface area contributed by atoms with Gasteiger partial charge in [0.05, 0.1) is 23.3 Å². The van der Waals surface area contributed by atoms with Gasteiger partial charge in [-0.25, -0.2) is 15.4 Å². The highest BCUT2D eigenvalue weighted by Crippen LogP contribution is 2.27. The summed E-state index contributed by atoms with van der Waals surface area (Å²) in [6.07, 6.45) is 5.90. The topological polar surface area (TPSA) is 96.4 Å². The molecule has 0 aromatic carbocycles. The van der Waals surface area contributed by atoms with Gasteiger partial charge in [0.15, 0.2) is 11.5 Å². The van der Waals surface area contributed by atoms with E-state index in [1.807, 2.05) is 44.4 Å². The van der Waals surface area contributed by atoms with Crippen LogP contribution in [0.5, 0.6) is 0 Å². The van der Waals surface area contributed by atoms with E-state index < -0.39 is 0 Å². The Balaban J connectivity index is 1.84. The molecule has 3 aromatic rings. The fourth-order valence-corrected chi connectivity index (χ4v) is 3.44. The summed E-state index contributed by atoms with van der Waals surface area (Å²) >= 11 is 1.40. The number of fused-ring (bicyclic) bond motifs is 1. The lowest BCUT2D eigenvalue weighted by Gasteiger charge is -2.11. The predicted octanol–water partition coefficient (Wildman–Crippen LogP) is 2.05. The highest BCUT2D eigenvalue weighted by atomic mass is 32.1. The van der Waals surface area contributed by atoms with Gasteiger partial charge in [-0.2, -0.15) is 4.37 Å². The highest BCUT2D eigenvalue weighted by Gasteiger charge is 2.18. The SMILES string of the molecule is Cc1cc(Nc2nc(C(C)N)cn3c(C4=CN(C)NC4)cnc23)sn1. The van der Waals surface area contributed by atoms with Crippen molar-refractivity contribution in [3.8, 4) is 0 Å². The van der Waals surface area contributed by atoms with Crippen LogP contribution in [0, 0.1) is 6.92 Å². The smallest absolute Gasteiger partial charge is 0.180 e. The van der Waals surface area contributed by atoms with E-state index in [1.165, 1.54) is 11.5 Å². The number of nitrogens with zero attached hydrogens (tertiary/aromatic N) is 5. The standard InChI is InChI=1S/C16H20N8S/c1-9-4-14(25-22-9)21-15-16-18-6-13(11-5-19-23(3)7-11)24(16)8-12(20-15)10(2)17/h4,6-8,10,19H,5,17H2,1-3H3,(H,20,21). The molecule has 130 valence electrons. The molecule has 0 bridgehead atoms. The fourth-order valence-electron chi connectivity index (χ4n) is 2.78. The number of aryl methyl sites for hydroxylation is 1. The Bertz CT molecular complexity index is 954. The zero-order chi connectivity index (χ0) is 17.6. The van der Waals surface area contributed by atoms with E-state index in [2.05, 4.69) is 35.7 Å². The lowest BCUT2D eigenvalue weighted by atomic mass is 10.2. The predicted molar refractivity (Wildman–Crippen MR) is 99.5 cm³/mol. The van der Waals surface area contributed by atoms with Crippen molar-refractivity contribution in [2.45, 2.75) is 19.9 Å². The third-order valence-electron chi connectivity index (χ3n) is 4.04. The van der Waals surface area contributed by atoms with Crippen molar-refractivity contribution >= 4 is 33.6 Å². The molecule has 4 rings (SSSR count). The number of nitrogens with one attached hydrogen (secondary N) is 2. The summed E-state index contributed by atoms with van der Waals surface area (Å²) in [5.74, 6) is 0.685. The minimum Gasteiger partial charge on any atom is -0.328 e. The normalized spacial score (nSPS) is 15.7. The van der Waals surface area contributed by atoms with E-state index in [1.54, 1.807) is 0 Å². The lowest BCUT2D eigenvalue weighted by molar-refractivity contribution is 0.374. The van der Waals surface area contributed by atoms with E-state index in [4.69, 9.17) is 5.73 Å². The van der Waals surface area contributed by atoms with Gasteiger partial charge >= 0.3 is 0 Å². The van der Waals surface area contributed by atoms with Gasteiger partial charge in [0.1, 0.15) is 5.00 Å². The Hall–Kier alpha value is -2.49. The van der Waals surface area contributed by atoms with Gasteiger partial charge in [-0.05, 0) is 31.4 Å². The Kier molecular flexibility index (Phi) is 3.91. The molecule has 3 aromatic heterocycles. The van der Waals surface area contributed by atoms with Crippen molar-refractivity contribution in [3.63, 3.8) is 0 Å². The molecule has 0 aliphatic carbocycles. The highest BCUT2D eigenvalue weighted by molar-refractivity contribution is 7.10. The van der Waals surface area contributed by atoms with Gasteiger partial charge in [0.25, 0.3) is 0 Å². The zero-order valence-electron chi connectivity index (χ0n) is 14.3. The number of hydrogen-bond donors (Lipinski definition) is 3. The van der Waals surface area contributed by atoms with E-state index in [0.29, 0.717) is 5.82 Å². The molecular formula is C16H20N8S. The van der Waals surface area contributed by atoms with E-state index in [9.17, 15) is 0 Å². The molecule has 1 unspecified atom stereocenters. The second-order valence-electron chi connectivity index (χ2n) is 6.20. The van der Waals surface area contributed by atoms with Crippen LogP contribution >= 0.6 is 11.5 Å². The molecule has 9 heteroatoms. The molecule has 1 atom stereocenters. The maximum absolute atomic E-state index is 6.10. The summed E-state index contributed by atoms with van der Waals surface area (Å²) in [6.45, 7) is 4.65. The van der Waals surface area contributed by atoms with Gasteiger partial charge in [-0.3, -0.25) is 4.40 Å². The summed E-state index contributed by atoms with van der Waals surface area (Å²) in [5, 5.41) is 6.21. The Morgan fingerprint density at radius 1 is 1.44 bits per heavy atom. The quantitative estimate of drug-likeness (QED) is 0.658. The molecule has 4 heterocycles. The number of hydrogen-bond acceptors (Lipinski definition) is 8. The Morgan fingerprint density at radius 3 is 2.92 bits per heavy atom. The maximum Gasteiger partial charge on any atom is 0.180 e. The molecule has 8 nitrogen and oxygen atoms in total. The summed E-state index contributed by atoms with van der Waals surface area (Å²) in [6, 6.07) is 1.81. The van der Waals surface area contributed by atoms with Gasteiger partial charge in [0.2, 0.25) is 0 Å². The van der Waals surface area contributed by atoms with Crippen LogP contribution in [0.4, 0.5) is 10.8 Å². The first-order chi connectivity index (χ1) is 12.0. The summed E-state index contributed by atoms with van der Waals surface area (Å²) in [7, 11) is 1.98. The molecule has 0 radical (unpaired) electrons. The van der Waals surface area contributed by atoms with E-state index in [0.717, 1.165) is 39.8 Å². The molecule has 4 N–H and O–H groups in total. The molecule has 0 saturated heterocycles. The van der Waals surface area contributed by atoms with E-state index in [-0.39, 0.29) is 6.04 Å². The van der Waals surface area contributed by atoms with Crippen LogP contribution in [0.1, 0.15) is 30.0 Å². The average Bonchev–Trinajstić information content (AvgIpc) is 3.27. The van der Waals surface area contributed by atoms with Crippen LogP contribution in [-0.4, -0.2) is 37.3 Å². The second kappa shape index (κ2) is 6.10. The lowest BCUT2D eigenvalue weighted by Crippen LogP contribution is -2.23. The molecule has 25 heavy (non-hydrogen) atoms. The summed E-state index contributed by atoms with van der Waals surface area (Å²) in [5.41, 5.74) is 14.1. The number of rotatable bonds is 4. The van der Waals surface area contributed by atoms with Crippen molar-refractivity contribution in [1.29, 1.82) is 0 Å². The number of aromatic nitrogens is 4. The van der Waals surface area contributed by atoms with Crippen LogP contribution < -0.4 is 16.5 Å². The molecule has 1 aliphatic rings. The molecular weight excluding hydrogens is 336 g/mol. The van der Waals surface area contributed by atoms with Crippen LogP contribution in [0.2, 0.25) is 0 Å². The van der Waals surface area contributed by atoms with Crippen molar-refractivity contribution in [2.75, 3.05) is 18.9 Å². The van der Waals surface area contributed by atoms with Gasteiger partial charge < -0.3 is 16.1 Å². The van der Waals surface area contributed by atoms with Crippen molar-refractivity contribution in [1.82, 2.24) is 29.2 Å². The first-order valence-corrected chi connectivity index (χ1v) is 8.80. The number of nitrogens with two attached hydrogens (primary N) is 1. The van der Waals surface area contributed by atoms with Crippen molar-refractivity contribution in [3.05, 3.63) is 41.7 Å². The largest absolute Gasteiger partial charge is 0.328 e. The van der Waals surface area contributed by atoms with Crippen LogP contribution in [0.15, 0.2) is 24.7 Å². The first-order valence-electron chi connectivity index (χ1n) is 8.02. The van der Waals surface area contributed by atoms with Crippen LogP contribution in [0.3, 0.4) is 0 Å². The van der Waals surface area contributed by atoms with Crippen molar-refractivity contribution in [2.24, 2.45) is 5.73 Å². The second-order valence-corrected chi connectivity index (χ2v) is 7.00. The zero-order valence-corrected chi connectivity index (χ0v) is 15.1. The number of anilines is 2. The van der Waals surface area contributed by atoms with Crippen LogP contribution in [-0.2, 0) is 0 Å². The molecule has 0 amide bonds. The first kappa shape index (κ1) is 16.0. The fraction of sp³-hybridized carbons (Fsp3) is 0.312. The molecule has 0 fully saturated rings. The Labute approximate surface area is 149 Å². The number of imidazole rings is 1. The Morgan fingerprint density at radius 2 is 2.28 bits per heavy atom. The third-order valence-corrected chi connectivity index (χ3v) is 4.84. The molecule has 0 saturated carbocycles. The summed E-state index contributed by atoms with van der Waals surface area (Å²) < 4.78 is 6.35. The molecule has 1 aliphatic heterocycles. The van der Waals surface area contributed by atoms with Gasteiger partial charge in [-0.1, -0.05) is 0 Å². The van der Waals surface area contributed by atoms with Gasteiger partial charge in [-0.15, -0.1) is 0 Å². The molecule has 0 spiro atoms. The van der Waals surface area contributed by atoms with Gasteiger partial charge in [0, 0.05) is 37.6 Å². The van der Waals surface area contributed by atoms with Crippen molar-refractivity contribution < 1.29 is 0 Å². The van der Waals surface area contributed by atoms with Crippen LogP contribution in [0.25, 0.3) is 11.2 Å². The van der Waals surface area contributed by atoms with E-state index >= 15 is 0 Å². The number of hydrazine groups is 1. The average molecular weight is 356 g/mol.